The van der Waals surface area contributed by atoms with E-state index in [1.165, 1.54) is 5.32 Å². The van der Waals surface area contributed by atoms with Crippen molar-refractivity contribution in [3.05, 3.63) is 0 Å². The van der Waals surface area contributed by atoms with Gasteiger partial charge in [-0.25, -0.2) is 4.79 Å². The quantitative estimate of drug-likeness (QED) is 0.0435. The number of hydrogen-bond acceptors (Lipinski definition) is 9. The number of rotatable bonds is 17. The Hall–Kier alpha value is -4.69. The number of alkyl halides is 3. The number of aliphatic hydroxyl groups is 1. The maximum atomic E-state index is 12.5. The Labute approximate surface area is 223 Å². The second kappa shape index (κ2) is 17.0. The number of nitrogens with two attached hydrogens (primary N) is 2. The van der Waals surface area contributed by atoms with E-state index in [1.54, 1.807) is 0 Å². The molecule has 0 aliphatic rings. The van der Waals surface area contributed by atoms with Gasteiger partial charge in [0.2, 0.25) is 23.6 Å². The lowest BCUT2D eigenvalue weighted by atomic mass is 10.1. The number of halogens is 3. The van der Waals surface area contributed by atoms with Crippen LogP contribution in [-0.2, 0) is 33.6 Å². The maximum Gasteiger partial charge on any atom is 0.471 e. The number of amides is 5. The van der Waals surface area contributed by atoms with E-state index in [9.17, 15) is 46.7 Å². The minimum atomic E-state index is -5.26. The van der Waals surface area contributed by atoms with Gasteiger partial charge in [0.1, 0.15) is 18.1 Å². The van der Waals surface area contributed by atoms with Gasteiger partial charge in [0.25, 0.3) is 0 Å². The first-order chi connectivity index (χ1) is 18.5. The standard InChI is InChI=1S/C19H29F3N8O10/c20-19(21,22)17(40)27-6-12(33)28-8(2-1-3-25-18(23)24)14(36)26-5-11(32)29-9(4-13(34)35)15(37)30-10(7-31)16(38)39/h8-10,31H,1-7H2,(H,26,36)(H,27,40)(H,28,33)(H,29,32)(H,30,37)(H,34,35)(H,38,39)(H4,23,24,25)/t8-,9-,10-/m0/s1. The fraction of sp³-hybridized carbons (Fsp3) is 0.579. The van der Waals surface area contributed by atoms with Crippen molar-refractivity contribution in [1.82, 2.24) is 26.6 Å². The molecule has 0 heterocycles. The molecule has 0 aliphatic heterocycles. The van der Waals surface area contributed by atoms with E-state index in [4.69, 9.17) is 26.8 Å². The van der Waals surface area contributed by atoms with Crippen molar-refractivity contribution in [3.63, 3.8) is 0 Å². The highest BCUT2D eigenvalue weighted by atomic mass is 19.4. The van der Waals surface area contributed by atoms with Gasteiger partial charge in [0.05, 0.1) is 26.1 Å². The maximum absolute atomic E-state index is 12.5. The van der Waals surface area contributed by atoms with Crippen LogP contribution >= 0.6 is 0 Å². The van der Waals surface area contributed by atoms with E-state index in [0.29, 0.717) is 0 Å². The molecule has 0 bridgehead atoms. The normalized spacial score (nSPS) is 13.0. The first kappa shape index (κ1) is 35.3. The SMILES string of the molecule is NC(N)=NCCC[C@H](NC(=O)CNC(=O)C(F)(F)F)C(=O)NCC(=O)N[C@@H](CC(=O)O)C(=O)N[C@@H](CO)C(=O)O. The van der Waals surface area contributed by atoms with Gasteiger partial charge < -0.3 is 53.4 Å². The lowest BCUT2D eigenvalue weighted by Gasteiger charge is -2.21. The van der Waals surface area contributed by atoms with Crippen LogP contribution in [0.3, 0.4) is 0 Å². The molecule has 0 fully saturated rings. The number of carbonyl (C=O) groups is 7. The zero-order valence-electron chi connectivity index (χ0n) is 20.6. The van der Waals surface area contributed by atoms with E-state index in [-0.39, 0.29) is 25.3 Å². The minimum Gasteiger partial charge on any atom is -0.481 e. The molecule has 21 heteroatoms. The van der Waals surface area contributed by atoms with Crippen LogP contribution in [0.25, 0.3) is 0 Å². The largest absolute Gasteiger partial charge is 0.481 e. The number of aliphatic imine (C=N–C) groups is 1. The summed E-state index contributed by atoms with van der Waals surface area (Å²) in [7, 11) is 0. The number of hydrogen-bond donors (Lipinski definition) is 10. The summed E-state index contributed by atoms with van der Waals surface area (Å²) in [6.07, 6.45) is -6.39. The third kappa shape index (κ3) is 14.9. The molecule has 0 saturated carbocycles. The third-order valence-electron chi connectivity index (χ3n) is 4.51. The summed E-state index contributed by atoms with van der Waals surface area (Å²) in [5.74, 6) is -10.5. The summed E-state index contributed by atoms with van der Waals surface area (Å²) >= 11 is 0. The van der Waals surface area contributed by atoms with Crippen molar-refractivity contribution in [1.29, 1.82) is 0 Å². The molecule has 0 radical (unpaired) electrons. The summed E-state index contributed by atoms with van der Waals surface area (Å²) < 4.78 is 36.9. The molecule has 0 unspecified atom stereocenters. The third-order valence-corrected chi connectivity index (χ3v) is 4.51. The molecule has 0 aromatic carbocycles. The summed E-state index contributed by atoms with van der Waals surface area (Å²) in [5, 5.41) is 36.0. The second-order valence-corrected chi connectivity index (χ2v) is 7.77. The minimum absolute atomic E-state index is 0.0234. The highest BCUT2D eigenvalue weighted by molar-refractivity contribution is 5.95. The molecule has 226 valence electrons. The zero-order chi connectivity index (χ0) is 31.0. The predicted molar refractivity (Wildman–Crippen MR) is 125 cm³/mol. The second-order valence-electron chi connectivity index (χ2n) is 7.77. The van der Waals surface area contributed by atoms with Crippen LogP contribution in [0.4, 0.5) is 13.2 Å². The molecule has 5 amide bonds. The number of guanidine groups is 1. The number of nitrogens with one attached hydrogen (secondary N) is 5. The van der Waals surface area contributed by atoms with Crippen LogP contribution in [0.1, 0.15) is 19.3 Å². The lowest BCUT2D eigenvalue weighted by molar-refractivity contribution is -0.173. The average Bonchev–Trinajstić information content (AvgIpc) is 2.84. The lowest BCUT2D eigenvalue weighted by Crippen LogP contribution is -2.55. The van der Waals surface area contributed by atoms with E-state index < -0.39 is 91.9 Å². The van der Waals surface area contributed by atoms with Crippen molar-refractivity contribution >= 4 is 47.4 Å². The van der Waals surface area contributed by atoms with Gasteiger partial charge in [-0.2, -0.15) is 13.2 Å². The fourth-order valence-corrected chi connectivity index (χ4v) is 2.66. The molecular formula is C19H29F3N8O10. The van der Waals surface area contributed by atoms with Gasteiger partial charge in [0.15, 0.2) is 5.96 Å². The Morgan fingerprint density at radius 3 is 1.82 bits per heavy atom. The Balaban J connectivity index is 5.27. The van der Waals surface area contributed by atoms with E-state index >= 15 is 0 Å². The van der Waals surface area contributed by atoms with Crippen molar-refractivity contribution < 1.29 is 62.1 Å². The van der Waals surface area contributed by atoms with Crippen molar-refractivity contribution in [2.24, 2.45) is 16.5 Å². The van der Waals surface area contributed by atoms with E-state index in [0.717, 1.165) is 0 Å². The van der Waals surface area contributed by atoms with Gasteiger partial charge in [-0.15, -0.1) is 0 Å². The first-order valence-electron chi connectivity index (χ1n) is 11.1. The van der Waals surface area contributed by atoms with Gasteiger partial charge in [0, 0.05) is 6.54 Å². The Morgan fingerprint density at radius 2 is 1.35 bits per heavy atom. The Bertz CT molecular complexity index is 988. The highest BCUT2D eigenvalue weighted by Crippen LogP contribution is 2.13. The van der Waals surface area contributed by atoms with Gasteiger partial charge in [-0.1, -0.05) is 0 Å². The van der Waals surface area contributed by atoms with Gasteiger partial charge in [-0.05, 0) is 12.8 Å². The highest BCUT2D eigenvalue weighted by Gasteiger charge is 2.38. The predicted octanol–water partition coefficient (Wildman–Crippen LogP) is -5.16. The average molecular weight is 586 g/mol. The topological polar surface area (TPSA) is 305 Å². The molecule has 0 spiro atoms. The summed E-state index contributed by atoms with van der Waals surface area (Å²) in [4.78, 5) is 85.4. The number of carboxylic acids is 2. The van der Waals surface area contributed by atoms with E-state index in [1.807, 2.05) is 10.6 Å². The van der Waals surface area contributed by atoms with Crippen LogP contribution in [-0.4, -0.2) is 113 Å². The summed E-state index contributed by atoms with van der Waals surface area (Å²) in [5.41, 5.74) is 10.3. The van der Waals surface area contributed by atoms with Crippen molar-refractivity contribution in [3.8, 4) is 0 Å². The number of aliphatic hydroxyl groups excluding tert-OH is 1. The number of carboxylic acid groups (broad SMARTS) is 2. The number of carbonyl (C=O) groups excluding carboxylic acids is 5. The van der Waals surface area contributed by atoms with Crippen LogP contribution in [0.15, 0.2) is 4.99 Å². The van der Waals surface area contributed by atoms with Crippen molar-refractivity contribution in [2.45, 2.75) is 43.6 Å². The molecule has 0 aliphatic carbocycles. The summed E-state index contributed by atoms with van der Waals surface area (Å²) in [6, 6.07) is -5.08. The van der Waals surface area contributed by atoms with Crippen LogP contribution in [0.5, 0.6) is 0 Å². The van der Waals surface area contributed by atoms with Gasteiger partial charge >= 0.3 is 24.0 Å². The molecule has 18 nitrogen and oxygen atoms in total. The Morgan fingerprint density at radius 1 is 0.800 bits per heavy atom. The molecule has 0 aromatic rings. The molecule has 12 N–H and O–H groups in total. The molecule has 0 saturated heterocycles. The number of aliphatic carboxylic acids is 2. The van der Waals surface area contributed by atoms with Crippen LogP contribution in [0.2, 0.25) is 0 Å². The molecule has 0 aromatic heterocycles. The van der Waals surface area contributed by atoms with Crippen molar-refractivity contribution in [2.75, 3.05) is 26.2 Å². The molecule has 0 rings (SSSR count). The molecular weight excluding hydrogens is 557 g/mol. The molecule has 3 atom stereocenters. The summed E-state index contributed by atoms with van der Waals surface area (Å²) in [6.45, 7) is -3.10. The van der Waals surface area contributed by atoms with Gasteiger partial charge in [-0.3, -0.25) is 33.8 Å². The smallest absolute Gasteiger partial charge is 0.471 e. The molecule has 40 heavy (non-hydrogen) atoms. The Kier molecular flexibility index (Phi) is 15.0. The number of nitrogens with zero attached hydrogens (tertiary/aromatic N) is 1. The monoisotopic (exact) mass is 586 g/mol. The van der Waals surface area contributed by atoms with Crippen LogP contribution < -0.4 is 38.1 Å². The zero-order valence-corrected chi connectivity index (χ0v) is 20.6. The first-order valence-corrected chi connectivity index (χ1v) is 11.1. The van der Waals surface area contributed by atoms with Crippen LogP contribution in [0, 0.1) is 0 Å². The van der Waals surface area contributed by atoms with E-state index in [2.05, 4.69) is 15.6 Å². The fourth-order valence-electron chi connectivity index (χ4n) is 2.66.